The predicted molar refractivity (Wildman–Crippen MR) is 75.7 cm³/mol. The number of nitrogen functional groups attached to an aromatic ring is 1. The molecule has 1 aromatic rings. The van der Waals surface area contributed by atoms with E-state index < -0.39 is 5.60 Å². The number of aromatic nitrogens is 2. The third-order valence-corrected chi connectivity index (χ3v) is 3.03. The Kier molecular flexibility index (Phi) is 5.02. The second-order valence-electron chi connectivity index (χ2n) is 5.17. The zero-order chi connectivity index (χ0) is 13.8. The second-order valence-corrected chi connectivity index (χ2v) is 5.17. The van der Waals surface area contributed by atoms with Crippen molar-refractivity contribution in [2.45, 2.75) is 59.1 Å². The van der Waals surface area contributed by atoms with Crippen molar-refractivity contribution in [2.75, 3.05) is 17.6 Å². The highest BCUT2D eigenvalue weighted by atomic mass is 16.3. The van der Waals surface area contributed by atoms with Gasteiger partial charge in [-0.2, -0.15) is 5.10 Å². The molecule has 0 spiro atoms. The van der Waals surface area contributed by atoms with Crippen LogP contribution in [0.3, 0.4) is 0 Å². The zero-order valence-corrected chi connectivity index (χ0v) is 12.0. The smallest absolute Gasteiger partial charge is 0.148 e. The lowest BCUT2D eigenvalue weighted by atomic mass is 10.0. The van der Waals surface area contributed by atoms with Gasteiger partial charge in [0.05, 0.1) is 17.0 Å². The Morgan fingerprint density at radius 1 is 1.39 bits per heavy atom. The van der Waals surface area contributed by atoms with Crippen LogP contribution in [0.5, 0.6) is 0 Å². The number of nitrogens with zero attached hydrogens (tertiary/aromatic N) is 2. The number of hydrogen-bond donors (Lipinski definition) is 3. The molecule has 0 aromatic carbocycles. The van der Waals surface area contributed by atoms with Crippen molar-refractivity contribution < 1.29 is 5.11 Å². The van der Waals surface area contributed by atoms with Gasteiger partial charge in [0.2, 0.25) is 0 Å². The lowest BCUT2D eigenvalue weighted by molar-refractivity contribution is 0.0635. The number of anilines is 2. The number of aryl methyl sites for hydroxylation is 2. The molecule has 0 saturated heterocycles. The van der Waals surface area contributed by atoms with E-state index in [2.05, 4.69) is 24.3 Å². The minimum atomic E-state index is -0.712. The average Bonchev–Trinajstić information content (AvgIpc) is 2.53. The van der Waals surface area contributed by atoms with Gasteiger partial charge in [-0.15, -0.1) is 0 Å². The summed E-state index contributed by atoms with van der Waals surface area (Å²) in [5, 5.41) is 17.8. The van der Waals surface area contributed by atoms with Gasteiger partial charge in [-0.25, -0.2) is 4.68 Å². The Labute approximate surface area is 109 Å². The van der Waals surface area contributed by atoms with Crippen molar-refractivity contribution in [3.05, 3.63) is 5.69 Å². The molecule has 1 aromatic heterocycles. The first kappa shape index (κ1) is 14.8. The van der Waals surface area contributed by atoms with Crippen LogP contribution < -0.4 is 11.1 Å². The number of nitrogens with two attached hydrogens (primary N) is 1. The summed E-state index contributed by atoms with van der Waals surface area (Å²) >= 11 is 0. The van der Waals surface area contributed by atoms with Gasteiger partial charge in [0.1, 0.15) is 5.82 Å². The maximum absolute atomic E-state index is 10.2. The molecule has 0 amide bonds. The average molecular weight is 254 g/mol. The van der Waals surface area contributed by atoms with Gasteiger partial charge in [-0.05, 0) is 26.7 Å². The first-order valence-electron chi connectivity index (χ1n) is 6.70. The Bertz CT molecular complexity index is 385. The summed E-state index contributed by atoms with van der Waals surface area (Å²) in [6, 6.07) is 0. The molecular formula is C13H26N4O. The molecule has 0 radical (unpaired) electrons. The molecule has 1 rings (SSSR count). The maximum Gasteiger partial charge on any atom is 0.148 e. The zero-order valence-electron chi connectivity index (χ0n) is 12.0. The Balaban J connectivity index is 2.77. The van der Waals surface area contributed by atoms with Crippen molar-refractivity contribution in [2.24, 2.45) is 0 Å². The number of hydrogen-bond acceptors (Lipinski definition) is 4. The summed E-state index contributed by atoms with van der Waals surface area (Å²) < 4.78 is 1.88. The molecule has 5 nitrogen and oxygen atoms in total. The number of aliphatic hydroxyl groups is 1. The topological polar surface area (TPSA) is 76.1 Å². The van der Waals surface area contributed by atoms with E-state index in [0.29, 0.717) is 12.2 Å². The van der Waals surface area contributed by atoms with E-state index in [1.807, 2.05) is 18.5 Å². The number of nitrogens with one attached hydrogen (secondary N) is 1. The molecule has 0 bridgehead atoms. The van der Waals surface area contributed by atoms with Gasteiger partial charge in [-0.1, -0.05) is 20.3 Å². The first-order valence-corrected chi connectivity index (χ1v) is 6.70. The van der Waals surface area contributed by atoms with Crippen LogP contribution in [0, 0.1) is 6.92 Å². The standard InChI is InChI=1S/C13H26N4O/c1-5-7-13(4,18)9-15-12-11(14)10(3)16-17(12)8-6-2/h15,18H,5-9,14H2,1-4H3. The van der Waals surface area contributed by atoms with Crippen LogP contribution in [-0.4, -0.2) is 27.0 Å². The SMILES string of the molecule is CCCn1nc(C)c(N)c1NCC(C)(O)CCC. The van der Waals surface area contributed by atoms with Crippen molar-refractivity contribution in [1.82, 2.24) is 9.78 Å². The lowest BCUT2D eigenvalue weighted by Crippen LogP contribution is -2.33. The minimum Gasteiger partial charge on any atom is -0.394 e. The van der Waals surface area contributed by atoms with Crippen LogP contribution in [-0.2, 0) is 6.54 Å². The highest BCUT2D eigenvalue weighted by Gasteiger charge is 2.21. The maximum atomic E-state index is 10.2. The molecule has 104 valence electrons. The Hall–Kier alpha value is -1.23. The van der Waals surface area contributed by atoms with Gasteiger partial charge in [0.25, 0.3) is 0 Å². The summed E-state index contributed by atoms with van der Waals surface area (Å²) in [7, 11) is 0. The molecule has 18 heavy (non-hydrogen) atoms. The molecule has 0 aliphatic heterocycles. The van der Waals surface area contributed by atoms with Crippen LogP contribution >= 0.6 is 0 Å². The van der Waals surface area contributed by atoms with Gasteiger partial charge in [-0.3, -0.25) is 0 Å². The molecule has 0 aliphatic rings. The highest BCUT2D eigenvalue weighted by molar-refractivity contribution is 5.64. The van der Waals surface area contributed by atoms with Gasteiger partial charge >= 0.3 is 0 Å². The molecule has 1 atom stereocenters. The van der Waals surface area contributed by atoms with E-state index in [1.54, 1.807) is 0 Å². The predicted octanol–water partition coefficient (Wildman–Crippen LogP) is 2.15. The molecule has 0 fully saturated rings. The molecule has 0 aliphatic carbocycles. The lowest BCUT2D eigenvalue weighted by Gasteiger charge is -2.24. The van der Waals surface area contributed by atoms with E-state index in [4.69, 9.17) is 5.73 Å². The fourth-order valence-electron chi connectivity index (χ4n) is 2.06. The van der Waals surface area contributed by atoms with Crippen LogP contribution in [0.4, 0.5) is 11.5 Å². The quantitative estimate of drug-likeness (QED) is 0.697. The van der Waals surface area contributed by atoms with Gasteiger partial charge in [0.15, 0.2) is 0 Å². The highest BCUT2D eigenvalue weighted by Crippen LogP contribution is 2.23. The molecule has 5 heteroatoms. The van der Waals surface area contributed by atoms with E-state index in [1.165, 1.54) is 0 Å². The van der Waals surface area contributed by atoms with Gasteiger partial charge < -0.3 is 16.2 Å². The van der Waals surface area contributed by atoms with Crippen LogP contribution in [0.15, 0.2) is 0 Å². The van der Waals surface area contributed by atoms with E-state index in [9.17, 15) is 5.11 Å². The summed E-state index contributed by atoms with van der Waals surface area (Å²) in [4.78, 5) is 0. The summed E-state index contributed by atoms with van der Waals surface area (Å²) in [5.41, 5.74) is 6.81. The first-order chi connectivity index (χ1) is 8.41. The van der Waals surface area contributed by atoms with Crippen LogP contribution in [0.1, 0.15) is 45.7 Å². The Morgan fingerprint density at radius 2 is 2.06 bits per heavy atom. The summed E-state index contributed by atoms with van der Waals surface area (Å²) in [5.74, 6) is 0.825. The summed E-state index contributed by atoms with van der Waals surface area (Å²) in [6.45, 7) is 9.22. The van der Waals surface area contributed by atoms with E-state index in [0.717, 1.165) is 37.3 Å². The molecular weight excluding hydrogens is 228 g/mol. The van der Waals surface area contributed by atoms with Gasteiger partial charge in [0, 0.05) is 13.1 Å². The second kappa shape index (κ2) is 6.09. The van der Waals surface area contributed by atoms with Crippen molar-refractivity contribution in [3.63, 3.8) is 0 Å². The van der Waals surface area contributed by atoms with Crippen molar-refractivity contribution >= 4 is 11.5 Å². The minimum absolute atomic E-state index is 0.486. The van der Waals surface area contributed by atoms with E-state index >= 15 is 0 Å². The largest absolute Gasteiger partial charge is 0.394 e. The molecule has 1 unspecified atom stereocenters. The molecule has 4 N–H and O–H groups in total. The number of rotatable bonds is 7. The van der Waals surface area contributed by atoms with E-state index in [-0.39, 0.29) is 0 Å². The summed E-state index contributed by atoms with van der Waals surface area (Å²) in [6.07, 6.45) is 2.72. The van der Waals surface area contributed by atoms with Crippen LogP contribution in [0.25, 0.3) is 0 Å². The third-order valence-electron chi connectivity index (χ3n) is 3.03. The molecule has 1 heterocycles. The normalized spacial score (nSPS) is 14.5. The fraction of sp³-hybridized carbons (Fsp3) is 0.769. The van der Waals surface area contributed by atoms with Crippen molar-refractivity contribution in [1.29, 1.82) is 0 Å². The molecule has 0 saturated carbocycles. The van der Waals surface area contributed by atoms with Crippen LogP contribution in [0.2, 0.25) is 0 Å². The Morgan fingerprint density at radius 3 is 2.61 bits per heavy atom. The monoisotopic (exact) mass is 254 g/mol. The van der Waals surface area contributed by atoms with Crippen molar-refractivity contribution in [3.8, 4) is 0 Å². The fourth-order valence-corrected chi connectivity index (χ4v) is 2.06. The third kappa shape index (κ3) is 3.63.